The number of carbonyl (C=O) groups excluding carboxylic acids is 1. The molecule has 0 bridgehead atoms. The molecular weight excluding hydrogens is 334 g/mol. The standard InChI is InChI=1S/C18H17N5OS/c24-18(15-13-25-17(21-15)14-4-7-19-8-5-14)23-11-9-22(10-12-23)16-3-1-2-6-20-16/h1-8,13H,9-12H2. The minimum Gasteiger partial charge on any atom is -0.353 e. The van der Waals surface area contributed by atoms with Crippen LogP contribution in [0.5, 0.6) is 0 Å². The second-order valence-electron chi connectivity index (χ2n) is 5.74. The SMILES string of the molecule is O=C(c1csc(-c2ccncc2)n1)N1CCN(c2ccccn2)CC1. The number of piperazine rings is 1. The molecule has 0 atom stereocenters. The number of thiazole rings is 1. The number of pyridine rings is 2. The molecule has 4 heterocycles. The lowest BCUT2D eigenvalue weighted by Gasteiger charge is -2.35. The Kier molecular flexibility index (Phi) is 4.39. The Morgan fingerprint density at radius 2 is 1.80 bits per heavy atom. The van der Waals surface area contributed by atoms with Crippen LogP contribution in [0.2, 0.25) is 0 Å². The number of carbonyl (C=O) groups is 1. The zero-order valence-electron chi connectivity index (χ0n) is 13.6. The summed E-state index contributed by atoms with van der Waals surface area (Å²) < 4.78 is 0. The molecule has 0 spiro atoms. The van der Waals surface area contributed by atoms with Crippen LogP contribution in [0.4, 0.5) is 5.82 Å². The van der Waals surface area contributed by atoms with Crippen LogP contribution in [0.3, 0.4) is 0 Å². The molecule has 1 aliphatic rings. The van der Waals surface area contributed by atoms with Gasteiger partial charge in [0, 0.05) is 55.7 Å². The van der Waals surface area contributed by atoms with Gasteiger partial charge in [-0.05, 0) is 24.3 Å². The van der Waals surface area contributed by atoms with Crippen molar-refractivity contribution in [1.29, 1.82) is 0 Å². The lowest BCUT2D eigenvalue weighted by atomic mass is 10.2. The lowest BCUT2D eigenvalue weighted by molar-refractivity contribution is 0.0741. The largest absolute Gasteiger partial charge is 0.353 e. The van der Waals surface area contributed by atoms with Crippen molar-refractivity contribution in [3.63, 3.8) is 0 Å². The van der Waals surface area contributed by atoms with Crippen molar-refractivity contribution in [2.75, 3.05) is 31.1 Å². The van der Waals surface area contributed by atoms with Gasteiger partial charge in [0.2, 0.25) is 0 Å². The van der Waals surface area contributed by atoms with E-state index in [1.807, 2.05) is 40.6 Å². The summed E-state index contributed by atoms with van der Waals surface area (Å²) in [5, 5.41) is 2.68. The molecular formula is C18H17N5OS. The number of aromatic nitrogens is 3. The summed E-state index contributed by atoms with van der Waals surface area (Å²) in [4.78, 5) is 29.7. The second-order valence-corrected chi connectivity index (χ2v) is 6.60. The molecule has 6 nitrogen and oxygen atoms in total. The van der Waals surface area contributed by atoms with Gasteiger partial charge in [-0.2, -0.15) is 0 Å². The smallest absolute Gasteiger partial charge is 0.273 e. The van der Waals surface area contributed by atoms with Crippen LogP contribution in [0.15, 0.2) is 54.3 Å². The first kappa shape index (κ1) is 15.7. The van der Waals surface area contributed by atoms with Crippen molar-refractivity contribution in [2.45, 2.75) is 0 Å². The number of nitrogens with zero attached hydrogens (tertiary/aromatic N) is 5. The van der Waals surface area contributed by atoms with E-state index in [1.165, 1.54) is 11.3 Å². The first-order valence-electron chi connectivity index (χ1n) is 8.12. The van der Waals surface area contributed by atoms with Gasteiger partial charge in [-0.15, -0.1) is 11.3 Å². The molecule has 1 amide bonds. The molecule has 3 aromatic heterocycles. The molecule has 1 saturated heterocycles. The minimum absolute atomic E-state index is 0.00257. The highest BCUT2D eigenvalue weighted by atomic mass is 32.1. The van der Waals surface area contributed by atoms with Crippen molar-refractivity contribution in [2.24, 2.45) is 0 Å². The monoisotopic (exact) mass is 351 g/mol. The molecule has 3 aromatic rings. The normalized spacial score (nSPS) is 14.6. The Morgan fingerprint density at radius 1 is 1.00 bits per heavy atom. The number of amides is 1. The van der Waals surface area contributed by atoms with Gasteiger partial charge in [0.25, 0.3) is 5.91 Å². The van der Waals surface area contributed by atoms with Gasteiger partial charge in [-0.1, -0.05) is 6.07 Å². The van der Waals surface area contributed by atoms with E-state index < -0.39 is 0 Å². The van der Waals surface area contributed by atoms with E-state index in [1.54, 1.807) is 18.6 Å². The summed E-state index contributed by atoms with van der Waals surface area (Å²) >= 11 is 1.49. The van der Waals surface area contributed by atoms with Gasteiger partial charge in [-0.3, -0.25) is 9.78 Å². The van der Waals surface area contributed by atoms with Crippen molar-refractivity contribution in [1.82, 2.24) is 19.9 Å². The Hall–Kier alpha value is -2.80. The van der Waals surface area contributed by atoms with E-state index in [4.69, 9.17) is 0 Å². The van der Waals surface area contributed by atoms with Crippen LogP contribution in [-0.2, 0) is 0 Å². The Morgan fingerprint density at radius 3 is 2.52 bits per heavy atom. The summed E-state index contributed by atoms with van der Waals surface area (Å²) in [6.45, 7) is 2.92. The topological polar surface area (TPSA) is 62.2 Å². The number of hydrogen-bond donors (Lipinski definition) is 0. The molecule has 1 fully saturated rings. The van der Waals surface area contributed by atoms with Crippen molar-refractivity contribution < 1.29 is 4.79 Å². The quantitative estimate of drug-likeness (QED) is 0.726. The van der Waals surface area contributed by atoms with E-state index >= 15 is 0 Å². The fourth-order valence-electron chi connectivity index (χ4n) is 2.84. The highest BCUT2D eigenvalue weighted by Crippen LogP contribution is 2.24. The predicted molar refractivity (Wildman–Crippen MR) is 97.7 cm³/mol. The van der Waals surface area contributed by atoms with Crippen LogP contribution >= 0.6 is 11.3 Å². The van der Waals surface area contributed by atoms with Crippen molar-refractivity contribution in [3.05, 3.63) is 60.0 Å². The molecule has 126 valence electrons. The summed E-state index contributed by atoms with van der Waals surface area (Å²) in [7, 11) is 0. The fraction of sp³-hybridized carbons (Fsp3) is 0.222. The van der Waals surface area contributed by atoms with E-state index in [-0.39, 0.29) is 5.91 Å². The van der Waals surface area contributed by atoms with Gasteiger partial charge in [0.15, 0.2) is 0 Å². The molecule has 0 radical (unpaired) electrons. The third-order valence-electron chi connectivity index (χ3n) is 4.19. The third kappa shape index (κ3) is 3.36. The van der Waals surface area contributed by atoms with Crippen LogP contribution in [0.25, 0.3) is 10.6 Å². The number of hydrogen-bond acceptors (Lipinski definition) is 6. The van der Waals surface area contributed by atoms with Gasteiger partial charge in [0.05, 0.1) is 0 Å². The third-order valence-corrected chi connectivity index (χ3v) is 5.08. The number of rotatable bonds is 3. The van der Waals surface area contributed by atoms with Gasteiger partial charge >= 0.3 is 0 Å². The molecule has 0 aliphatic carbocycles. The van der Waals surface area contributed by atoms with E-state index in [0.29, 0.717) is 18.8 Å². The van der Waals surface area contributed by atoms with E-state index in [2.05, 4.69) is 19.9 Å². The van der Waals surface area contributed by atoms with Gasteiger partial charge in [0.1, 0.15) is 16.5 Å². The molecule has 7 heteroatoms. The lowest BCUT2D eigenvalue weighted by Crippen LogP contribution is -2.49. The maximum absolute atomic E-state index is 12.7. The zero-order chi connectivity index (χ0) is 17.1. The molecule has 4 rings (SSSR count). The molecule has 25 heavy (non-hydrogen) atoms. The molecule has 0 saturated carbocycles. The van der Waals surface area contributed by atoms with E-state index in [0.717, 1.165) is 29.5 Å². The van der Waals surface area contributed by atoms with Gasteiger partial charge < -0.3 is 9.80 Å². The Bertz CT molecular complexity index is 844. The zero-order valence-corrected chi connectivity index (χ0v) is 14.4. The van der Waals surface area contributed by atoms with Crippen LogP contribution in [0, 0.1) is 0 Å². The maximum atomic E-state index is 12.7. The summed E-state index contributed by atoms with van der Waals surface area (Å²) in [6, 6.07) is 9.69. The van der Waals surface area contributed by atoms with Crippen molar-refractivity contribution in [3.8, 4) is 10.6 Å². The first-order chi connectivity index (χ1) is 12.3. The van der Waals surface area contributed by atoms with Crippen LogP contribution in [0.1, 0.15) is 10.5 Å². The highest BCUT2D eigenvalue weighted by Gasteiger charge is 2.24. The summed E-state index contributed by atoms with van der Waals surface area (Å²) in [5.41, 5.74) is 1.50. The molecule has 1 aliphatic heterocycles. The van der Waals surface area contributed by atoms with Gasteiger partial charge in [-0.25, -0.2) is 9.97 Å². The molecule has 0 unspecified atom stereocenters. The Labute approximate surface area is 149 Å². The summed E-state index contributed by atoms with van der Waals surface area (Å²) in [6.07, 6.45) is 5.26. The van der Waals surface area contributed by atoms with E-state index in [9.17, 15) is 4.79 Å². The predicted octanol–water partition coefficient (Wildman–Crippen LogP) is 2.56. The second kappa shape index (κ2) is 6.98. The summed E-state index contributed by atoms with van der Waals surface area (Å²) in [5.74, 6) is 0.959. The van der Waals surface area contributed by atoms with Crippen LogP contribution in [-0.4, -0.2) is 51.9 Å². The average Bonchev–Trinajstić information content (AvgIpc) is 3.19. The minimum atomic E-state index is -0.00257. The average molecular weight is 351 g/mol. The fourth-order valence-corrected chi connectivity index (χ4v) is 3.64. The van der Waals surface area contributed by atoms with Crippen LogP contribution < -0.4 is 4.90 Å². The first-order valence-corrected chi connectivity index (χ1v) is 9.00. The molecule has 0 aromatic carbocycles. The number of anilines is 1. The van der Waals surface area contributed by atoms with Crippen molar-refractivity contribution >= 4 is 23.1 Å². The highest BCUT2D eigenvalue weighted by molar-refractivity contribution is 7.13. The molecule has 0 N–H and O–H groups in total. The Balaban J connectivity index is 1.42. The maximum Gasteiger partial charge on any atom is 0.273 e.